The monoisotopic (exact) mass is 244 g/mol. The first-order valence-electron chi connectivity index (χ1n) is 6.25. The molecule has 0 unspecified atom stereocenters. The van der Waals surface area contributed by atoms with E-state index in [1.165, 1.54) is 12.8 Å². The summed E-state index contributed by atoms with van der Waals surface area (Å²) in [5, 5.41) is 11.9. The van der Waals surface area contributed by atoms with Crippen molar-refractivity contribution >= 4 is 10.8 Å². The van der Waals surface area contributed by atoms with Crippen LogP contribution in [0.15, 0.2) is 36.4 Å². The molecule has 1 N–H and O–H groups in total. The van der Waals surface area contributed by atoms with Crippen molar-refractivity contribution in [2.45, 2.75) is 12.8 Å². The Balaban J connectivity index is 1.68. The van der Waals surface area contributed by atoms with Crippen LogP contribution >= 0.6 is 0 Å². The number of ether oxygens (including phenoxy) is 2. The van der Waals surface area contributed by atoms with Crippen LogP contribution in [-0.2, 0) is 4.74 Å². The molecule has 1 aliphatic carbocycles. The molecule has 0 aromatic heterocycles. The van der Waals surface area contributed by atoms with Crippen LogP contribution in [0.25, 0.3) is 10.8 Å². The number of hydrogen-bond acceptors (Lipinski definition) is 3. The van der Waals surface area contributed by atoms with Crippen LogP contribution in [-0.4, -0.2) is 18.5 Å². The molecule has 1 aliphatic rings. The van der Waals surface area contributed by atoms with Gasteiger partial charge in [-0.15, -0.1) is 0 Å². The van der Waals surface area contributed by atoms with E-state index in [0.717, 1.165) is 23.3 Å². The Morgan fingerprint density at radius 3 is 2.56 bits per heavy atom. The molecule has 0 bridgehead atoms. The van der Waals surface area contributed by atoms with E-state index in [4.69, 9.17) is 9.47 Å². The maximum atomic E-state index is 9.85. The van der Waals surface area contributed by atoms with Crippen LogP contribution in [0.2, 0.25) is 0 Å². The van der Waals surface area contributed by atoms with Crippen LogP contribution < -0.4 is 4.74 Å². The number of phenols is 1. The third kappa shape index (κ3) is 2.57. The molecule has 0 saturated heterocycles. The van der Waals surface area contributed by atoms with E-state index >= 15 is 0 Å². The van der Waals surface area contributed by atoms with Crippen molar-refractivity contribution in [2.24, 2.45) is 5.92 Å². The molecule has 94 valence electrons. The maximum absolute atomic E-state index is 9.85. The van der Waals surface area contributed by atoms with E-state index in [1.54, 1.807) is 6.07 Å². The Hall–Kier alpha value is -1.74. The lowest BCUT2D eigenvalue weighted by Crippen LogP contribution is -2.05. The number of phenolic OH excluding ortho intramolecular Hbond substituents is 1. The molecule has 0 amide bonds. The summed E-state index contributed by atoms with van der Waals surface area (Å²) in [7, 11) is 0. The van der Waals surface area contributed by atoms with E-state index in [1.807, 2.05) is 30.3 Å². The van der Waals surface area contributed by atoms with Gasteiger partial charge in [0.25, 0.3) is 0 Å². The van der Waals surface area contributed by atoms with Crippen molar-refractivity contribution in [1.29, 1.82) is 0 Å². The molecule has 18 heavy (non-hydrogen) atoms. The lowest BCUT2D eigenvalue weighted by Gasteiger charge is -2.09. The van der Waals surface area contributed by atoms with Gasteiger partial charge in [-0.3, -0.25) is 0 Å². The van der Waals surface area contributed by atoms with Gasteiger partial charge in [0.1, 0.15) is 0 Å². The van der Waals surface area contributed by atoms with E-state index in [-0.39, 0.29) is 12.5 Å². The molecule has 2 aromatic carbocycles. The molecule has 2 aromatic rings. The minimum Gasteiger partial charge on any atom is -0.504 e. The van der Waals surface area contributed by atoms with Gasteiger partial charge < -0.3 is 14.6 Å². The Kier molecular flexibility index (Phi) is 3.07. The van der Waals surface area contributed by atoms with Crippen LogP contribution in [0.5, 0.6) is 11.5 Å². The summed E-state index contributed by atoms with van der Waals surface area (Å²) in [5.41, 5.74) is 0. The summed E-state index contributed by atoms with van der Waals surface area (Å²) in [6.07, 6.45) is 2.53. The summed E-state index contributed by atoms with van der Waals surface area (Å²) in [6, 6.07) is 11.4. The predicted octanol–water partition coefficient (Wildman–Crippen LogP) is 3.31. The summed E-state index contributed by atoms with van der Waals surface area (Å²) in [4.78, 5) is 0. The summed E-state index contributed by atoms with van der Waals surface area (Å²) < 4.78 is 10.8. The third-order valence-electron chi connectivity index (χ3n) is 3.18. The molecule has 0 radical (unpaired) electrons. The summed E-state index contributed by atoms with van der Waals surface area (Å²) in [6.45, 7) is 0.955. The molecule has 1 saturated carbocycles. The SMILES string of the molecule is Oc1cc2ccccc2cc1OCOCC1CC1. The molecule has 0 spiro atoms. The Labute approximate surface area is 106 Å². The molecule has 3 rings (SSSR count). The standard InChI is InChI=1S/C15H16O3/c16-14-7-12-3-1-2-4-13(12)8-15(14)18-10-17-9-11-5-6-11/h1-4,7-8,11,16H,5-6,9-10H2. The van der Waals surface area contributed by atoms with Crippen LogP contribution in [0, 0.1) is 5.92 Å². The highest BCUT2D eigenvalue weighted by atomic mass is 16.7. The van der Waals surface area contributed by atoms with Gasteiger partial charge in [0, 0.05) is 0 Å². The van der Waals surface area contributed by atoms with Crippen molar-refractivity contribution in [3.8, 4) is 11.5 Å². The zero-order valence-electron chi connectivity index (χ0n) is 10.1. The molecule has 0 heterocycles. The quantitative estimate of drug-likeness (QED) is 0.647. The number of aromatic hydroxyl groups is 1. The van der Waals surface area contributed by atoms with Crippen molar-refractivity contribution < 1.29 is 14.6 Å². The highest BCUT2D eigenvalue weighted by Crippen LogP contribution is 2.32. The fourth-order valence-electron chi connectivity index (χ4n) is 1.93. The topological polar surface area (TPSA) is 38.7 Å². The number of benzene rings is 2. The van der Waals surface area contributed by atoms with Crippen LogP contribution in [0.4, 0.5) is 0 Å². The maximum Gasteiger partial charge on any atom is 0.189 e. The second-order valence-electron chi connectivity index (χ2n) is 4.74. The number of hydrogen-bond donors (Lipinski definition) is 1. The fourth-order valence-corrected chi connectivity index (χ4v) is 1.93. The first-order chi connectivity index (χ1) is 8.83. The molecule has 0 aliphatic heterocycles. The number of rotatable bonds is 5. The lowest BCUT2D eigenvalue weighted by molar-refractivity contribution is 0.00875. The smallest absolute Gasteiger partial charge is 0.189 e. The van der Waals surface area contributed by atoms with Crippen molar-refractivity contribution in [2.75, 3.05) is 13.4 Å². The predicted molar refractivity (Wildman–Crippen MR) is 69.8 cm³/mol. The normalized spacial score (nSPS) is 14.9. The Morgan fingerprint density at radius 1 is 1.11 bits per heavy atom. The first-order valence-corrected chi connectivity index (χ1v) is 6.25. The molecule has 3 heteroatoms. The summed E-state index contributed by atoms with van der Waals surface area (Å²) >= 11 is 0. The van der Waals surface area contributed by atoms with E-state index in [9.17, 15) is 5.11 Å². The van der Waals surface area contributed by atoms with Gasteiger partial charge in [-0.1, -0.05) is 24.3 Å². The molecule has 3 nitrogen and oxygen atoms in total. The largest absolute Gasteiger partial charge is 0.504 e. The van der Waals surface area contributed by atoms with E-state index < -0.39 is 0 Å². The highest BCUT2D eigenvalue weighted by Gasteiger charge is 2.21. The summed E-state index contributed by atoms with van der Waals surface area (Å²) in [5.74, 6) is 1.35. The zero-order chi connectivity index (χ0) is 12.4. The minimum absolute atomic E-state index is 0.156. The van der Waals surface area contributed by atoms with Gasteiger partial charge in [0.05, 0.1) is 6.61 Å². The fraction of sp³-hybridized carbons (Fsp3) is 0.333. The van der Waals surface area contributed by atoms with Gasteiger partial charge in [-0.05, 0) is 41.7 Å². The second kappa shape index (κ2) is 4.86. The Bertz CT molecular complexity index is 546. The van der Waals surface area contributed by atoms with Gasteiger partial charge in [-0.2, -0.15) is 0 Å². The van der Waals surface area contributed by atoms with Crippen LogP contribution in [0.1, 0.15) is 12.8 Å². The van der Waals surface area contributed by atoms with Gasteiger partial charge >= 0.3 is 0 Å². The van der Waals surface area contributed by atoms with Crippen molar-refractivity contribution in [3.63, 3.8) is 0 Å². The lowest BCUT2D eigenvalue weighted by atomic mass is 10.1. The van der Waals surface area contributed by atoms with Crippen LogP contribution in [0.3, 0.4) is 0 Å². The average molecular weight is 244 g/mol. The van der Waals surface area contributed by atoms with Crippen molar-refractivity contribution in [3.05, 3.63) is 36.4 Å². The Morgan fingerprint density at radius 2 is 1.83 bits per heavy atom. The van der Waals surface area contributed by atoms with Gasteiger partial charge in [-0.25, -0.2) is 0 Å². The molecular formula is C15H16O3. The highest BCUT2D eigenvalue weighted by molar-refractivity contribution is 5.85. The molecule has 1 fully saturated rings. The van der Waals surface area contributed by atoms with Gasteiger partial charge in [0.2, 0.25) is 0 Å². The second-order valence-corrected chi connectivity index (χ2v) is 4.74. The van der Waals surface area contributed by atoms with Gasteiger partial charge in [0.15, 0.2) is 18.3 Å². The third-order valence-corrected chi connectivity index (χ3v) is 3.18. The molecule has 0 atom stereocenters. The molecular weight excluding hydrogens is 228 g/mol. The first kappa shape index (κ1) is 11.4. The minimum atomic E-state index is 0.156. The van der Waals surface area contributed by atoms with E-state index in [2.05, 4.69) is 0 Å². The van der Waals surface area contributed by atoms with E-state index in [0.29, 0.717) is 5.75 Å². The average Bonchev–Trinajstić information content (AvgIpc) is 3.19. The number of fused-ring (bicyclic) bond motifs is 1. The zero-order valence-corrected chi connectivity index (χ0v) is 10.1. The van der Waals surface area contributed by atoms with Crippen molar-refractivity contribution in [1.82, 2.24) is 0 Å².